The fraction of sp³-hybridized carbons (Fsp3) is 0.294. The third-order valence-corrected chi connectivity index (χ3v) is 4.05. The van der Waals surface area contributed by atoms with Crippen LogP contribution in [-0.4, -0.2) is 31.2 Å². The van der Waals surface area contributed by atoms with Crippen LogP contribution in [0.5, 0.6) is 0 Å². The second-order valence-electron chi connectivity index (χ2n) is 6.51. The van der Waals surface area contributed by atoms with Crippen LogP contribution >= 0.6 is 22.6 Å². The highest BCUT2D eigenvalue weighted by Crippen LogP contribution is 2.29. The highest BCUT2D eigenvalue weighted by molar-refractivity contribution is 14.1. The summed E-state index contributed by atoms with van der Waals surface area (Å²) in [6.45, 7) is 6.50. The molecule has 0 bridgehead atoms. The van der Waals surface area contributed by atoms with E-state index in [1.165, 1.54) is 5.56 Å². The van der Waals surface area contributed by atoms with E-state index in [0.717, 1.165) is 22.6 Å². The summed E-state index contributed by atoms with van der Waals surface area (Å²) in [5.74, 6) is 1.38. The number of fused-ring (bicyclic) bond motifs is 1. The second-order valence-corrected chi connectivity index (χ2v) is 7.06. The van der Waals surface area contributed by atoms with Crippen molar-refractivity contribution in [3.05, 3.63) is 30.1 Å². The summed E-state index contributed by atoms with van der Waals surface area (Å²) in [4.78, 5) is 21.1. The van der Waals surface area contributed by atoms with Crippen molar-refractivity contribution < 1.29 is 0 Å². The molecular weight excluding hydrogens is 415 g/mol. The fourth-order valence-electron chi connectivity index (χ4n) is 2.38. The lowest BCUT2D eigenvalue weighted by Gasteiger charge is -2.18. The number of nitrogens with one attached hydrogen (secondary N) is 2. The molecule has 0 aliphatic carbocycles. The Bertz CT molecular complexity index is 907. The Balaban J connectivity index is 2.11. The zero-order valence-electron chi connectivity index (χ0n) is 14.1. The molecule has 6 nitrogen and oxygen atoms in total. The van der Waals surface area contributed by atoms with Crippen molar-refractivity contribution in [3.63, 3.8) is 0 Å². The van der Waals surface area contributed by atoms with E-state index in [0.29, 0.717) is 11.5 Å². The Kier molecular flexibility index (Phi) is 4.53. The maximum absolute atomic E-state index is 4.61. The molecule has 0 radical (unpaired) electrons. The number of nitrogens with zero attached hydrogens (tertiary/aromatic N) is 4. The number of aromatic amines is 1. The Labute approximate surface area is 154 Å². The first kappa shape index (κ1) is 16.8. The number of imidazole rings is 1. The second kappa shape index (κ2) is 6.46. The lowest BCUT2D eigenvalue weighted by atomic mass is 9.87. The molecule has 0 saturated carbocycles. The largest absolute Gasteiger partial charge is 0.385 e. The smallest absolute Gasteiger partial charge is 0.180 e. The van der Waals surface area contributed by atoms with Crippen LogP contribution in [0.1, 0.15) is 26.3 Å². The van der Waals surface area contributed by atoms with Crippen LogP contribution in [0.3, 0.4) is 0 Å². The first-order valence-electron chi connectivity index (χ1n) is 7.59. The van der Waals surface area contributed by atoms with Gasteiger partial charge < -0.3 is 10.3 Å². The van der Waals surface area contributed by atoms with Gasteiger partial charge >= 0.3 is 0 Å². The van der Waals surface area contributed by atoms with Gasteiger partial charge in [0.2, 0.25) is 0 Å². The van der Waals surface area contributed by atoms with E-state index >= 15 is 0 Å². The molecule has 3 aromatic heterocycles. The minimum atomic E-state index is 0.0365. The van der Waals surface area contributed by atoms with Gasteiger partial charge in [0, 0.05) is 25.0 Å². The lowest BCUT2D eigenvalue weighted by Crippen LogP contribution is -2.11. The minimum absolute atomic E-state index is 0.0365. The number of halogens is 1. The number of pyridine rings is 2. The predicted molar refractivity (Wildman–Crippen MR) is 108 cm³/mol. The summed E-state index contributed by atoms with van der Waals surface area (Å²) >= 11 is 2.08. The maximum Gasteiger partial charge on any atom is 0.180 e. The van der Waals surface area contributed by atoms with Crippen molar-refractivity contribution in [1.29, 1.82) is 0 Å². The fourth-order valence-corrected chi connectivity index (χ4v) is 2.64. The van der Waals surface area contributed by atoms with E-state index in [-0.39, 0.29) is 5.41 Å². The summed E-state index contributed by atoms with van der Waals surface area (Å²) in [6, 6.07) is 4.09. The molecule has 0 spiro atoms. The quantitative estimate of drug-likeness (QED) is 0.472. The molecule has 3 heterocycles. The standard InChI is InChI=1S/C17H19IN6/c1-17(2,3)11-5-10(7-20-8-11)14-22-13-6-12(19-4)15(21-9-18)24-16(13)23-14/h5-9,19H,1-4H3,(H,22,23,24). The van der Waals surface area contributed by atoms with E-state index in [4.69, 9.17) is 0 Å². The Morgan fingerprint density at radius 2 is 2.00 bits per heavy atom. The van der Waals surface area contributed by atoms with Gasteiger partial charge in [0.1, 0.15) is 5.82 Å². The minimum Gasteiger partial charge on any atom is -0.385 e. The van der Waals surface area contributed by atoms with Gasteiger partial charge in [-0.2, -0.15) is 0 Å². The van der Waals surface area contributed by atoms with Crippen LogP contribution in [0.4, 0.5) is 11.5 Å². The van der Waals surface area contributed by atoms with Crippen molar-refractivity contribution in [2.75, 3.05) is 12.4 Å². The zero-order valence-corrected chi connectivity index (χ0v) is 16.2. The molecule has 0 aliphatic rings. The van der Waals surface area contributed by atoms with Crippen molar-refractivity contribution >= 4 is 49.5 Å². The van der Waals surface area contributed by atoms with Crippen LogP contribution in [0.2, 0.25) is 0 Å². The van der Waals surface area contributed by atoms with Crippen LogP contribution in [-0.2, 0) is 5.41 Å². The number of rotatable bonds is 3. The van der Waals surface area contributed by atoms with Crippen molar-refractivity contribution in [1.82, 2.24) is 19.9 Å². The molecule has 24 heavy (non-hydrogen) atoms. The highest BCUT2D eigenvalue weighted by atomic mass is 127. The molecule has 0 aromatic carbocycles. The van der Waals surface area contributed by atoms with Crippen molar-refractivity contribution in [2.45, 2.75) is 26.2 Å². The Hall–Kier alpha value is -2.03. The van der Waals surface area contributed by atoms with Gasteiger partial charge in [0.15, 0.2) is 11.5 Å². The summed E-state index contributed by atoms with van der Waals surface area (Å²) in [6.07, 6.45) is 3.71. The van der Waals surface area contributed by atoms with Gasteiger partial charge in [-0.3, -0.25) is 4.98 Å². The van der Waals surface area contributed by atoms with Gasteiger partial charge in [-0.05, 0) is 45.7 Å². The maximum atomic E-state index is 4.61. The molecule has 0 atom stereocenters. The number of H-pyrrole nitrogens is 1. The normalized spacial score (nSPS) is 12.2. The Morgan fingerprint density at radius 1 is 1.21 bits per heavy atom. The summed E-state index contributed by atoms with van der Waals surface area (Å²) in [5, 5.41) is 3.11. The molecule has 3 aromatic rings. The molecule has 0 unspecified atom stereocenters. The van der Waals surface area contributed by atoms with Crippen LogP contribution < -0.4 is 5.32 Å². The number of hydrogen-bond donors (Lipinski definition) is 2. The average molecular weight is 434 g/mol. The number of anilines is 1. The molecule has 0 amide bonds. The first-order valence-corrected chi connectivity index (χ1v) is 8.84. The van der Waals surface area contributed by atoms with E-state index in [9.17, 15) is 0 Å². The van der Waals surface area contributed by atoms with E-state index in [2.05, 4.69) is 79.7 Å². The number of aliphatic imine (C=N–C) groups is 1. The van der Waals surface area contributed by atoms with E-state index < -0.39 is 0 Å². The molecular formula is C17H19IN6. The molecule has 7 heteroatoms. The monoisotopic (exact) mass is 434 g/mol. The number of aromatic nitrogens is 4. The van der Waals surface area contributed by atoms with E-state index in [1.54, 1.807) is 4.22 Å². The van der Waals surface area contributed by atoms with Gasteiger partial charge in [-0.1, -0.05) is 20.8 Å². The van der Waals surface area contributed by atoms with Crippen molar-refractivity contribution in [3.8, 4) is 11.4 Å². The van der Waals surface area contributed by atoms with E-state index in [1.807, 2.05) is 25.5 Å². The van der Waals surface area contributed by atoms with Gasteiger partial charge in [-0.15, -0.1) is 0 Å². The molecule has 0 aliphatic heterocycles. The molecule has 2 N–H and O–H groups in total. The lowest BCUT2D eigenvalue weighted by molar-refractivity contribution is 0.587. The third-order valence-electron chi connectivity index (χ3n) is 3.77. The van der Waals surface area contributed by atoms with Crippen LogP contribution in [0.15, 0.2) is 29.5 Å². The first-order chi connectivity index (χ1) is 11.4. The van der Waals surface area contributed by atoms with Gasteiger partial charge in [-0.25, -0.2) is 15.0 Å². The molecule has 3 rings (SSSR count). The van der Waals surface area contributed by atoms with Crippen LogP contribution in [0.25, 0.3) is 22.6 Å². The molecule has 0 saturated heterocycles. The zero-order chi connectivity index (χ0) is 17.3. The topological polar surface area (TPSA) is 78.9 Å². The highest BCUT2D eigenvalue weighted by Gasteiger charge is 2.16. The summed E-state index contributed by atoms with van der Waals surface area (Å²) in [7, 11) is 1.85. The summed E-state index contributed by atoms with van der Waals surface area (Å²) in [5.41, 5.74) is 4.51. The molecule has 124 valence electrons. The SMILES string of the molecule is CNc1cc2[nH]c(-c3cncc(C(C)(C)C)c3)nc2nc1N=CI. The van der Waals surface area contributed by atoms with Gasteiger partial charge in [0.25, 0.3) is 0 Å². The summed E-state index contributed by atoms with van der Waals surface area (Å²) < 4.78 is 1.69. The van der Waals surface area contributed by atoms with Crippen molar-refractivity contribution in [2.24, 2.45) is 4.99 Å². The molecule has 0 fully saturated rings. The van der Waals surface area contributed by atoms with Gasteiger partial charge in [0.05, 0.1) is 15.4 Å². The Morgan fingerprint density at radius 3 is 2.67 bits per heavy atom. The predicted octanol–water partition coefficient (Wildman–Crippen LogP) is 4.45. The number of hydrogen-bond acceptors (Lipinski definition) is 5. The third kappa shape index (κ3) is 3.26. The average Bonchev–Trinajstić information content (AvgIpc) is 2.96. The van der Waals surface area contributed by atoms with Crippen LogP contribution in [0, 0.1) is 0 Å².